The summed E-state index contributed by atoms with van der Waals surface area (Å²) in [5.41, 5.74) is 2.13. The van der Waals surface area contributed by atoms with Crippen molar-refractivity contribution in [3.8, 4) is 0 Å². The molecule has 6 heteroatoms. The van der Waals surface area contributed by atoms with Crippen LogP contribution in [-0.2, 0) is 9.31 Å². The number of thiocarbonyl (C=S) groups is 1. The number of hydrogen-bond acceptors (Lipinski definition) is 5. The summed E-state index contributed by atoms with van der Waals surface area (Å²) in [4.78, 5) is 3.94. The zero-order chi connectivity index (χ0) is 16.4. The van der Waals surface area contributed by atoms with Gasteiger partial charge in [-0.15, -0.1) is 0 Å². The van der Waals surface area contributed by atoms with E-state index in [-0.39, 0.29) is 18.3 Å². The third kappa shape index (κ3) is 3.70. The Morgan fingerprint density at radius 1 is 1.23 bits per heavy atom. The van der Waals surface area contributed by atoms with Crippen LogP contribution in [0.4, 0.5) is 5.69 Å². The van der Waals surface area contributed by atoms with Crippen LogP contribution in [0.3, 0.4) is 0 Å². The molecule has 0 radical (unpaired) electrons. The SMILES string of the molecule is CC1(C)OB(C(=Cc2ccc(N=C=S)cc2)CS)OC1(C)C. The summed E-state index contributed by atoms with van der Waals surface area (Å²) in [7, 11) is -0.374. The van der Waals surface area contributed by atoms with Crippen LogP contribution >= 0.6 is 24.8 Å². The molecule has 0 aliphatic carbocycles. The first-order chi connectivity index (χ1) is 10.3. The summed E-state index contributed by atoms with van der Waals surface area (Å²) in [6, 6.07) is 7.73. The van der Waals surface area contributed by atoms with Crippen molar-refractivity contribution in [2.24, 2.45) is 4.99 Å². The van der Waals surface area contributed by atoms with Crippen molar-refractivity contribution < 1.29 is 9.31 Å². The Kier molecular flexibility index (Phi) is 5.31. The van der Waals surface area contributed by atoms with Crippen LogP contribution in [0.25, 0.3) is 6.08 Å². The minimum Gasteiger partial charge on any atom is -0.400 e. The normalized spacial score (nSPS) is 19.9. The van der Waals surface area contributed by atoms with Gasteiger partial charge in [0.2, 0.25) is 0 Å². The van der Waals surface area contributed by atoms with Crippen molar-refractivity contribution in [3.05, 3.63) is 35.3 Å². The number of isothiocyanates is 1. The van der Waals surface area contributed by atoms with Crippen molar-refractivity contribution in [1.29, 1.82) is 0 Å². The van der Waals surface area contributed by atoms with E-state index in [9.17, 15) is 0 Å². The molecule has 1 fully saturated rings. The minimum absolute atomic E-state index is 0.350. The van der Waals surface area contributed by atoms with Gasteiger partial charge in [-0.3, -0.25) is 0 Å². The molecule has 0 bridgehead atoms. The van der Waals surface area contributed by atoms with E-state index < -0.39 is 0 Å². The topological polar surface area (TPSA) is 30.8 Å². The zero-order valence-corrected chi connectivity index (χ0v) is 15.0. The molecule has 1 aromatic rings. The van der Waals surface area contributed by atoms with E-state index in [4.69, 9.17) is 9.31 Å². The first kappa shape index (κ1) is 17.4. The lowest BCUT2D eigenvalue weighted by atomic mass is 9.78. The molecule has 116 valence electrons. The van der Waals surface area contributed by atoms with Crippen molar-refractivity contribution in [2.75, 3.05) is 5.75 Å². The van der Waals surface area contributed by atoms with Gasteiger partial charge in [-0.05, 0) is 63.1 Å². The molecule has 1 aliphatic heterocycles. The number of hydrogen-bond donors (Lipinski definition) is 1. The molecule has 0 N–H and O–H groups in total. The first-order valence-corrected chi connectivity index (χ1v) is 8.18. The summed E-state index contributed by atoms with van der Waals surface area (Å²) < 4.78 is 12.1. The van der Waals surface area contributed by atoms with Gasteiger partial charge in [-0.1, -0.05) is 18.2 Å². The molecule has 0 aromatic heterocycles. The monoisotopic (exact) mass is 333 g/mol. The lowest BCUT2D eigenvalue weighted by Crippen LogP contribution is -2.41. The smallest absolute Gasteiger partial charge is 0.400 e. The zero-order valence-electron chi connectivity index (χ0n) is 13.3. The highest BCUT2D eigenvalue weighted by atomic mass is 32.1. The molecule has 1 aliphatic rings. The van der Waals surface area contributed by atoms with Crippen LogP contribution < -0.4 is 0 Å². The van der Waals surface area contributed by atoms with Crippen LogP contribution in [0, 0.1) is 0 Å². The molecule has 0 spiro atoms. The first-order valence-electron chi connectivity index (χ1n) is 7.14. The van der Waals surface area contributed by atoms with E-state index >= 15 is 0 Å². The van der Waals surface area contributed by atoms with Gasteiger partial charge in [-0.25, -0.2) is 0 Å². The van der Waals surface area contributed by atoms with Crippen LogP contribution in [0.5, 0.6) is 0 Å². The highest BCUT2D eigenvalue weighted by molar-refractivity contribution is 7.80. The third-order valence-corrected chi connectivity index (χ3v) is 4.61. The van der Waals surface area contributed by atoms with E-state index in [1.165, 1.54) is 0 Å². The quantitative estimate of drug-likeness (QED) is 0.384. The molecule has 3 nitrogen and oxygen atoms in total. The van der Waals surface area contributed by atoms with Crippen molar-refractivity contribution in [2.45, 2.75) is 38.9 Å². The molecule has 1 aromatic carbocycles. The fourth-order valence-electron chi connectivity index (χ4n) is 2.09. The summed E-state index contributed by atoms with van der Waals surface area (Å²) >= 11 is 9.02. The fourth-order valence-corrected chi connectivity index (χ4v) is 2.44. The molecule has 0 saturated carbocycles. The maximum atomic E-state index is 6.07. The maximum absolute atomic E-state index is 6.07. The Morgan fingerprint density at radius 2 is 1.77 bits per heavy atom. The lowest BCUT2D eigenvalue weighted by molar-refractivity contribution is 0.00578. The Bertz CT molecular complexity index is 604. The number of rotatable bonds is 4. The van der Waals surface area contributed by atoms with Crippen molar-refractivity contribution in [3.63, 3.8) is 0 Å². The number of thiol groups is 1. The number of benzene rings is 1. The summed E-state index contributed by atoms with van der Waals surface area (Å²) in [6.45, 7) is 8.17. The molecule has 0 atom stereocenters. The molecule has 0 amide bonds. The Labute approximate surface area is 143 Å². The number of aliphatic imine (C=N–C) groups is 1. The standard InChI is InChI=1S/C16H20BNO2S2/c1-15(2)16(3,4)20-17(19-15)13(10-21)9-12-5-7-14(8-6-12)18-11-22/h5-9,21H,10H2,1-4H3. The molecular weight excluding hydrogens is 313 g/mol. The summed E-state index contributed by atoms with van der Waals surface area (Å²) in [5.74, 6) is 0.566. The van der Waals surface area contributed by atoms with E-state index in [0.717, 1.165) is 16.7 Å². The largest absolute Gasteiger partial charge is 0.491 e. The molecule has 22 heavy (non-hydrogen) atoms. The molecule has 2 rings (SSSR count). The second-order valence-corrected chi connectivity index (χ2v) is 6.76. The van der Waals surface area contributed by atoms with Gasteiger partial charge in [0.05, 0.1) is 22.1 Å². The molecular formula is C16H20BNO2S2. The fraction of sp³-hybridized carbons (Fsp3) is 0.438. The van der Waals surface area contributed by atoms with E-state index in [1.54, 1.807) is 0 Å². The van der Waals surface area contributed by atoms with Crippen LogP contribution in [0.1, 0.15) is 33.3 Å². The van der Waals surface area contributed by atoms with Crippen LogP contribution in [0.15, 0.2) is 34.7 Å². The molecule has 1 heterocycles. The summed E-state index contributed by atoms with van der Waals surface area (Å²) in [5, 5.41) is 2.36. The predicted molar refractivity (Wildman–Crippen MR) is 99.0 cm³/mol. The second kappa shape index (κ2) is 6.69. The summed E-state index contributed by atoms with van der Waals surface area (Å²) in [6.07, 6.45) is 2.04. The third-order valence-electron chi connectivity index (χ3n) is 4.16. The average molecular weight is 333 g/mol. The van der Waals surface area contributed by atoms with Gasteiger partial charge in [0.15, 0.2) is 0 Å². The maximum Gasteiger partial charge on any atom is 0.491 e. The van der Waals surface area contributed by atoms with Crippen molar-refractivity contribution in [1.82, 2.24) is 0 Å². The number of nitrogens with zero attached hydrogens (tertiary/aromatic N) is 1. The van der Waals surface area contributed by atoms with Gasteiger partial charge in [0.1, 0.15) is 0 Å². The Balaban J connectivity index is 2.23. The molecule has 1 saturated heterocycles. The molecule has 0 unspecified atom stereocenters. The lowest BCUT2D eigenvalue weighted by Gasteiger charge is -2.32. The Morgan fingerprint density at radius 3 is 2.23 bits per heavy atom. The van der Waals surface area contributed by atoms with Crippen LogP contribution in [-0.4, -0.2) is 29.2 Å². The highest BCUT2D eigenvalue weighted by Gasteiger charge is 2.52. The van der Waals surface area contributed by atoms with E-state index in [1.807, 2.05) is 58.0 Å². The van der Waals surface area contributed by atoms with Gasteiger partial charge >= 0.3 is 7.12 Å². The highest BCUT2D eigenvalue weighted by Crippen LogP contribution is 2.39. The van der Waals surface area contributed by atoms with E-state index in [0.29, 0.717) is 5.75 Å². The second-order valence-electron chi connectivity index (χ2n) is 6.26. The van der Waals surface area contributed by atoms with Gasteiger partial charge in [0.25, 0.3) is 0 Å². The predicted octanol–water partition coefficient (Wildman–Crippen LogP) is 4.37. The van der Waals surface area contributed by atoms with Crippen LogP contribution in [0.2, 0.25) is 0 Å². The van der Waals surface area contributed by atoms with Crippen molar-refractivity contribution >= 4 is 48.9 Å². The van der Waals surface area contributed by atoms with Gasteiger partial charge < -0.3 is 9.31 Å². The van der Waals surface area contributed by atoms with Gasteiger partial charge in [0, 0.05) is 5.75 Å². The Hall–Kier alpha value is -0.905. The van der Waals surface area contributed by atoms with Gasteiger partial charge in [-0.2, -0.15) is 17.6 Å². The van der Waals surface area contributed by atoms with E-state index in [2.05, 4.69) is 35.0 Å². The average Bonchev–Trinajstić information content (AvgIpc) is 2.67. The minimum atomic E-state index is -0.374.